The van der Waals surface area contributed by atoms with Crippen LogP contribution in [0, 0.1) is 0 Å². The molecule has 0 saturated carbocycles. The van der Waals surface area contributed by atoms with E-state index < -0.39 is 0 Å². The Morgan fingerprint density at radius 1 is 1.17 bits per heavy atom. The summed E-state index contributed by atoms with van der Waals surface area (Å²) in [6.07, 6.45) is 9.88. The average molecular weight is 253 g/mol. The first-order chi connectivity index (χ1) is 8.81. The monoisotopic (exact) mass is 253 g/mol. The van der Waals surface area contributed by atoms with Crippen molar-refractivity contribution in [3.05, 3.63) is 18.4 Å². The van der Waals surface area contributed by atoms with Crippen LogP contribution in [0.1, 0.15) is 51.9 Å². The quantitative estimate of drug-likeness (QED) is 0.329. The van der Waals surface area contributed by atoms with E-state index in [1.54, 1.807) is 0 Å². The Hall–Kier alpha value is -1.05. The van der Waals surface area contributed by atoms with Gasteiger partial charge in [-0.25, -0.2) is 0 Å². The van der Waals surface area contributed by atoms with E-state index in [-0.39, 0.29) is 5.91 Å². The van der Waals surface area contributed by atoms with Crippen molar-refractivity contribution in [2.75, 3.05) is 19.8 Å². The van der Waals surface area contributed by atoms with Crippen molar-refractivity contribution in [2.45, 2.75) is 51.9 Å². The summed E-state index contributed by atoms with van der Waals surface area (Å²) in [5.41, 5.74) is 2.44. The van der Waals surface area contributed by atoms with Crippen molar-refractivity contribution in [3.8, 4) is 0 Å². The summed E-state index contributed by atoms with van der Waals surface area (Å²) in [7, 11) is 0. The van der Waals surface area contributed by atoms with E-state index in [1.807, 2.05) is 0 Å². The average Bonchev–Trinajstić information content (AvgIpc) is 2.36. The summed E-state index contributed by atoms with van der Waals surface area (Å²) in [4.78, 5) is 11.0. The van der Waals surface area contributed by atoms with Crippen LogP contribution in [-0.4, -0.2) is 25.7 Å². The lowest BCUT2D eigenvalue weighted by molar-refractivity contribution is -0.116. The number of hydrogen-bond donors (Lipinski definition) is 1. The predicted molar refractivity (Wildman–Crippen MR) is 75.5 cm³/mol. The van der Waals surface area contributed by atoms with Crippen LogP contribution in [0.5, 0.6) is 0 Å². The molecule has 0 heterocycles. The molecule has 0 aliphatic rings. The van der Waals surface area contributed by atoms with E-state index in [4.69, 9.17) is 4.74 Å². The predicted octanol–water partition coefficient (Wildman–Crippen LogP) is 3.21. The number of unbranched alkanes of at least 4 members (excludes halogenated alkanes) is 5. The van der Waals surface area contributed by atoms with Gasteiger partial charge in [-0.3, -0.25) is 4.79 Å². The molecule has 0 aliphatic carbocycles. The normalized spacial score (nSPS) is 9.83. The largest absolute Gasteiger partial charge is 0.381 e. The maximum atomic E-state index is 11.0. The van der Waals surface area contributed by atoms with Gasteiger partial charge in [0.1, 0.15) is 0 Å². The number of carbonyl (C=O) groups excluding carboxylic acids is 1. The molecule has 0 fully saturated rings. The molecule has 3 heteroatoms. The highest BCUT2D eigenvalue weighted by molar-refractivity contribution is 5.87. The van der Waals surface area contributed by atoms with Gasteiger partial charge in [-0.15, -0.1) is 5.73 Å². The second kappa shape index (κ2) is 14.0. The number of rotatable bonds is 12. The molecule has 0 spiro atoms. The molecule has 18 heavy (non-hydrogen) atoms. The highest BCUT2D eigenvalue weighted by atomic mass is 16.5. The Balaban J connectivity index is 3.07. The Labute approximate surface area is 111 Å². The Kier molecular flexibility index (Phi) is 13.2. The summed E-state index contributed by atoms with van der Waals surface area (Å²) in [6.45, 7) is 7.77. The molecule has 0 aromatic rings. The summed E-state index contributed by atoms with van der Waals surface area (Å²) < 4.78 is 5.49. The third kappa shape index (κ3) is 13.0. The van der Waals surface area contributed by atoms with Gasteiger partial charge in [-0.1, -0.05) is 45.6 Å². The van der Waals surface area contributed by atoms with Gasteiger partial charge in [0.25, 0.3) is 5.91 Å². The number of amides is 1. The lowest BCUT2D eigenvalue weighted by Crippen LogP contribution is -2.22. The summed E-state index contributed by atoms with van der Waals surface area (Å²) >= 11 is 0. The molecule has 0 radical (unpaired) electrons. The van der Waals surface area contributed by atoms with Crippen molar-refractivity contribution in [3.63, 3.8) is 0 Å². The number of hydrogen-bond acceptors (Lipinski definition) is 2. The van der Waals surface area contributed by atoms with Crippen LogP contribution in [0.25, 0.3) is 0 Å². The van der Waals surface area contributed by atoms with Gasteiger partial charge in [-0.2, -0.15) is 0 Å². The molecule has 0 aromatic heterocycles. The zero-order valence-electron chi connectivity index (χ0n) is 11.7. The highest BCUT2D eigenvalue weighted by Gasteiger charge is 1.94. The van der Waals surface area contributed by atoms with Gasteiger partial charge in [-0.05, 0) is 12.8 Å². The van der Waals surface area contributed by atoms with Crippen LogP contribution in [0.2, 0.25) is 0 Å². The first-order valence-electron chi connectivity index (χ1n) is 7.02. The Bertz CT molecular complexity index is 245. The van der Waals surface area contributed by atoms with Crippen molar-refractivity contribution in [2.24, 2.45) is 0 Å². The van der Waals surface area contributed by atoms with Crippen molar-refractivity contribution in [1.82, 2.24) is 5.32 Å². The molecule has 0 rings (SSSR count). The third-order valence-corrected chi connectivity index (χ3v) is 2.64. The first-order valence-corrected chi connectivity index (χ1v) is 7.02. The van der Waals surface area contributed by atoms with Gasteiger partial charge >= 0.3 is 0 Å². The van der Waals surface area contributed by atoms with Gasteiger partial charge in [0, 0.05) is 25.8 Å². The highest BCUT2D eigenvalue weighted by Crippen LogP contribution is 2.04. The maximum Gasteiger partial charge on any atom is 0.251 e. The van der Waals surface area contributed by atoms with Crippen LogP contribution >= 0.6 is 0 Å². The van der Waals surface area contributed by atoms with E-state index in [0.717, 1.165) is 19.4 Å². The van der Waals surface area contributed by atoms with E-state index in [0.29, 0.717) is 13.2 Å². The zero-order chi connectivity index (χ0) is 13.5. The van der Waals surface area contributed by atoms with Gasteiger partial charge in [0.15, 0.2) is 0 Å². The van der Waals surface area contributed by atoms with Crippen LogP contribution in [0.3, 0.4) is 0 Å². The van der Waals surface area contributed by atoms with Crippen molar-refractivity contribution in [1.29, 1.82) is 0 Å². The van der Waals surface area contributed by atoms with Gasteiger partial charge < -0.3 is 10.1 Å². The molecule has 3 nitrogen and oxygen atoms in total. The van der Waals surface area contributed by atoms with E-state index >= 15 is 0 Å². The molecular formula is C15H27NO2. The molecule has 0 unspecified atom stereocenters. The molecule has 1 N–H and O–H groups in total. The van der Waals surface area contributed by atoms with E-state index in [9.17, 15) is 4.79 Å². The minimum Gasteiger partial charge on any atom is -0.381 e. The second-order valence-electron chi connectivity index (χ2n) is 4.37. The maximum absolute atomic E-state index is 11.0. The standard InChI is InChI=1S/C15H27NO2/c1-3-5-6-7-8-9-13-18-14-10-12-16-15(17)11-4-2/h11H,2-3,5-10,12-14H2,1H3,(H,16,17). The zero-order valence-corrected chi connectivity index (χ0v) is 11.7. The van der Waals surface area contributed by atoms with Crippen LogP contribution in [0.15, 0.2) is 18.4 Å². The molecule has 1 amide bonds. The van der Waals surface area contributed by atoms with Crippen molar-refractivity contribution < 1.29 is 9.53 Å². The lowest BCUT2D eigenvalue weighted by atomic mass is 10.1. The fourth-order valence-electron chi connectivity index (χ4n) is 1.62. The second-order valence-corrected chi connectivity index (χ2v) is 4.37. The fraction of sp³-hybridized carbons (Fsp3) is 0.733. The minimum absolute atomic E-state index is 0.138. The fourth-order valence-corrected chi connectivity index (χ4v) is 1.62. The van der Waals surface area contributed by atoms with E-state index in [2.05, 4.69) is 24.6 Å². The molecule has 0 atom stereocenters. The van der Waals surface area contributed by atoms with Crippen LogP contribution < -0.4 is 5.32 Å². The number of ether oxygens (including phenoxy) is 1. The summed E-state index contributed by atoms with van der Waals surface area (Å²) in [5, 5.41) is 2.73. The minimum atomic E-state index is -0.138. The van der Waals surface area contributed by atoms with Gasteiger partial charge in [0.2, 0.25) is 0 Å². The van der Waals surface area contributed by atoms with Crippen molar-refractivity contribution >= 4 is 5.91 Å². The SMILES string of the molecule is C=C=CC(=O)NCCCOCCCCCCCC. The Morgan fingerprint density at radius 3 is 2.56 bits per heavy atom. The first kappa shape index (κ1) is 16.9. The molecule has 0 saturated heterocycles. The molecule has 0 aliphatic heterocycles. The topological polar surface area (TPSA) is 38.3 Å². The van der Waals surface area contributed by atoms with Crippen LogP contribution in [-0.2, 0) is 9.53 Å². The number of nitrogens with one attached hydrogen (secondary N) is 1. The lowest BCUT2D eigenvalue weighted by Gasteiger charge is -2.04. The summed E-state index contributed by atoms with van der Waals surface area (Å²) in [5.74, 6) is -0.138. The molecule has 0 aromatic carbocycles. The van der Waals surface area contributed by atoms with Gasteiger partial charge in [0.05, 0.1) is 0 Å². The van der Waals surface area contributed by atoms with E-state index in [1.165, 1.54) is 38.2 Å². The molecule has 104 valence electrons. The third-order valence-electron chi connectivity index (χ3n) is 2.64. The summed E-state index contributed by atoms with van der Waals surface area (Å²) in [6, 6.07) is 0. The number of carbonyl (C=O) groups is 1. The van der Waals surface area contributed by atoms with Crippen LogP contribution in [0.4, 0.5) is 0 Å². The molecular weight excluding hydrogens is 226 g/mol. The smallest absolute Gasteiger partial charge is 0.251 e. The molecule has 0 bridgehead atoms. The Morgan fingerprint density at radius 2 is 1.83 bits per heavy atom.